The number of hydrogen-bond acceptors (Lipinski definition) is 6. The molecule has 3 aromatic carbocycles. The zero-order chi connectivity index (χ0) is 31.4. The summed E-state index contributed by atoms with van der Waals surface area (Å²) in [6.07, 6.45) is -8.59. The number of anilines is 1. The Hall–Kier alpha value is -5.14. The van der Waals surface area contributed by atoms with Gasteiger partial charge in [0.2, 0.25) is 0 Å². The summed E-state index contributed by atoms with van der Waals surface area (Å²) in [4.78, 5) is 25.8. The summed E-state index contributed by atoms with van der Waals surface area (Å²) in [7, 11) is 1.40. The molecule has 1 aromatic heterocycles. The van der Waals surface area contributed by atoms with Crippen LogP contribution in [0.5, 0.6) is 17.2 Å². The molecule has 44 heavy (non-hydrogen) atoms. The number of carboxylic acid groups (broad SMARTS) is 1. The van der Waals surface area contributed by atoms with E-state index in [2.05, 4.69) is 14.6 Å². The van der Waals surface area contributed by atoms with Gasteiger partial charge in [0.15, 0.2) is 17.2 Å². The topological polar surface area (TPSA) is 103 Å². The molecule has 1 N–H and O–H groups in total. The molecule has 2 aliphatic rings. The van der Waals surface area contributed by atoms with Crippen LogP contribution in [-0.4, -0.2) is 40.1 Å². The van der Waals surface area contributed by atoms with Crippen molar-refractivity contribution in [2.24, 2.45) is 0 Å². The van der Waals surface area contributed by atoms with Gasteiger partial charge in [0.25, 0.3) is 5.91 Å². The lowest BCUT2D eigenvalue weighted by Gasteiger charge is -2.26. The molecule has 0 radical (unpaired) electrons. The predicted octanol–water partition coefficient (Wildman–Crippen LogP) is 6.64. The summed E-state index contributed by atoms with van der Waals surface area (Å²) >= 11 is 0. The molecular weight excluding hydrogens is 593 g/mol. The maximum absolute atomic E-state index is 14.1. The summed E-state index contributed by atoms with van der Waals surface area (Å²) in [5, 5.41) is 13.1. The van der Waals surface area contributed by atoms with Gasteiger partial charge >= 0.3 is 18.4 Å². The maximum Gasteiger partial charge on any atom is 0.586 e. The summed E-state index contributed by atoms with van der Waals surface area (Å²) in [5.41, 5.74) is -0.438. The molecule has 6 rings (SSSR count). The lowest BCUT2D eigenvalue weighted by atomic mass is 9.92. The van der Waals surface area contributed by atoms with Crippen LogP contribution in [0.3, 0.4) is 0 Å². The molecule has 0 saturated heterocycles. The van der Waals surface area contributed by atoms with Crippen molar-refractivity contribution in [1.82, 2.24) is 9.78 Å². The van der Waals surface area contributed by atoms with E-state index in [1.165, 1.54) is 78.7 Å². The van der Waals surface area contributed by atoms with Crippen LogP contribution >= 0.6 is 0 Å². The Bertz CT molecular complexity index is 1770. The maximum atomic E-state index is 14.1. The fourth-order valence-corrected chi connectivity index (χ4v) is 5.25. The average Bonchev–Trinajstić information content (AvgIpc) is 3.53. The van der Waals surface area contributed by atoms with Gasteiger partial charge in [-0.2, -0.15) is 18.3 Å². The normalized spacial score (nSPS) is 16.7. The molecule has 0 saturated carbocycles. The highest BCUT2D eigenvalue weighted by Crippen LogP contribution is 2.44. The van der Waals surface area contributed by atoms with Crippen molar-refractivity contribution in [2.45, 2.75) is 37.8 Å². The van der Waals surface area contributed by atoms with E-state index in [0.29, 0.717) is 12.8 Å². The number of carbonyl (C=O) groups is 2. The number of aromatic nitrogens is 2. The smallest absolute Gasteiger partial charge is 0.484 e. The van der Waals surface area contributed by atoms with Crippen molar-refractivity contribution < 1.29 is 50.9 Å². The van der Waals surface area contributed by atoms with Gasteiger partial charge < -0.3 is 24.2 Å². The first-order chi connectivity index (χ1) is 20.8. The fourth-order valence-electron chi connectivity index (χ4n) is 5.25. The summed E-state index contributed by atoms with van der Waals surface area (Å²) in [6, 6.07) is 15.2. The van der Waals surface area contributed by atoms with E-state index in [1.54, 1.807) is 0 Å². The number of aromatic carboxylic acids is 1. The number of halogens is 5. The molecule has 0 unspecified atom stereocenters. The van der Waals surface area contributed by atoms with Crippen LogP contribution in [0.15, 0.2) is 66.7 Å². The molecule has 1 atom stereocenters. The van der Waals surface area contributed by atoms with Gasteiger partial charge in [0.05, 0.1) is 16.9 Å². The molecule has 228 valence electrons. The number of hydrogen-bond donors (Lipinski definition) is 1. The van der Waals surface area contributed by atoms with Gasteiger partial charge in [0.1, 0.15) is 11.9 Å². The van der Waals surface area contributed by atoms with Crippen LogP contribution in [0.25, 0.3) is 5.69 Å². The molecule has 2 heterocycles. The molecule has 1 aliphatic carbocycles. The minimum atomic E-state index is -4.76. The summed E-state index contributed by atoms with van der Waals surface area (Å²) in [6.45, 7) is 0. The molecule has 0 fully saturated rings. The third-order valence-corrected chi connectivity index (χ3v) is 7.28. The van der Waals surface area contributed by atoms with Crippen molar-refractivity contribution in [2.75, 3.05) is 11.9 Å². The Balaban J connectivity index is 1.34. The number of carboxylic acids is 1. The van der Waals surface area contributed by atoms with Gasteiger partial charge in [-0.25, -0.2) is 9.48 Å². The number of alkyl halides is 5. The van der Waals surface area contributed by atoms with E-state index in [-0.39, 0.29) is 57.4 Å². The predicted molar refractivity (Wildman–Crippen MR) is 144 cm³/mol. The van der Waals surface area contributed by atoms with E-state index in [1.807, 2.05) is 0 Å². The van der Waals surface area contributed by atoms with Crippen molar-refractivity contribution in [3.05, 3.63) is 94.8 Å². The van der Waals surface area contributed by atoms with Crippen LogP contribution in [0.1, 0.15) is 56.6 Å². The quantitative estimate of drug-likeness (QED) is 0.243. The van der Waals surface area contributed by atoms with Gasteiger partial charge in [-0.1, -0.05) is 6.07 Å². The second kappa shape index (κ2) is 10.5. The Morgan fingerprint density at radius 2 is 1.75 bits per heavy atom. The number of amides is 1. The molecule has 9 nitrogen and oxygen atoms in total. The first-order valence-electron chi connectivity index (χ1n) is 13.3. The first-order valence-corrected chi connectivity index (χ1v) is 13.3. The van der Waals surface area contributed by atoms with Crippen LogP contribution in [0, 0.1) is 0 Å². The minimum Gasteiger partial charge on any atom is -0.484 e. The van der Waals surface area contributed by atoms with Gasteiger partial charge in [-0.15, -0.1) is 8.78 Å². The van der Waals surface area contributed by atoms with Crippen LogP contribution in [0.2, 0.25) is 0 Å². The highest BCUT2D eigenvalue weighted by Gasteiger charge is 2.44. The molecule has 4 aromatic rings. The Labute approximate surface area is 246 Å². The van der Waals surface area contributed by atoms with Crippen molar-refractivity contribution in [1.29, 1.82) is 0 Å². The van der Waals surface area contributed by atoms with E-state index in [4.69, 9.17) is 9.84 Å². The van der Waals surface area contributed by atoms with Crippen LogP contribution < -0.4 is 19.1 Å². The third kappa shape index (κ3) is 5.38. The number of fused-ring (bicyclic) bond motifs is 2. The number of rotatable bonds is 6. The van der Waals surface area contributed by atoms with E-state index in [9.17, 15) is 31.5 Å². The van der Waals surface area contributed by atoms with E-state index in [0.717, 1.165) is 4.68 Å². The molecule has 0 bridgehead atoms. The van der Waals surface area contributed by atoms with Crippen molar-refractivity contribution >= 4 is 17.6 Å². The zero-order valence-electron chi connectivity index (χ0n) is 22.8. The molecular formula is C30H22F5N3O6. The minimum absolute atomic E-state index is 0.0243. The zero-order valence-corrected chi connectivity index (χ0v) is 22.8. The Kier molecular flexibility index (Phi) is 6.94. The Morgan fingerprint density at radius 3 is 2.45 bits per heavy atom. The average molecular weight is 616 g/mol. The standard InChI is InChI=1S/C30H22F5N3O6/c1-37(18-10-13-22-24(15-18)44-30(34,35)43-22)27(39)17-4-2-5-19(14-17)38-25-21(26(36-38)29(31,32)33)6-3-7-23(25)42-20-11-8-16(9-12-20)28(40)41/h2,4-5,8-15,23H,3,6-7H2,1H3,(H,40,41)/t23-/m0/s1. The van der Waals surface area contributed by atoms with E-state index >= 15 is 0 Å². The highest BCUT2D eigenvalue weighted by molar-refractivity contribution is 6.06. The van der Waals surface area contributed by atoms with Gasteiger partial charge in [0, 0.05) is 29.9 Å². The Morgan fingerprint density at radius 1 is 1.02 bits per heavy atom. The second-order valence-electron chi connectivity index (χ2n) is 10.2. The first kappa shape index (κ1) is 29.0. The lowest BCUT2D eigenvalue weighted by Crippen LogP contribution is -2.26. The number of benzene rings is 3. The molecule has 14 heteroatoms. The number of nitrogens with zero attached hydrogens (tertiary/aromatic N) is 3. The molecule has 1 amide bonds. The lowest BCUT2D eigenvalue weighted by molar-refractivity contribution is -0.286. The van der Waals surface area contributed by atoms with Crippen molar-refractivity contribution in [3.63, 3.8) is 0 Å². The number of carbonyl (C=O) groups excluding carboxylic acids is 1. The third-order valence-electron chi connectivity index (χ3n) is 7.28. The fraction of sp³-hybridized carbons (Fsp3) is 0.233. The largest absolute Gasteiger partial charge is 0.586 e. The van der Waals surface area contributed by atoms with Crippen LogP contribution in [-0.2, 0) is 12.6 Å². The van der Waals surface area contributed by atoms with Crippen molar-refractivity contribution in [3.8, 4) is 22.9 Å². The van der Waals surface area contributed by atoms with Crippen LogP contribution in [0.4, 0.5) is 27.6 Å². The van der Waals surface area contributed by atoms with Gasteiger partial charge in [-0.05, 0) is 73.9 Å². The second-order valence-corrected chi connectivity index (χ2v) is 10.2. The molecule has 1 aliphatic heterocycles. The monoisotopic (exact) mass is 615 g/mol. The SMILES string of the molecule is CN(C(=O)c1cccc(-n2nc(C(F)(F)F)c3c2[C@@H](Oc2ccc(C(=O)O)cc2)CCC3)c1)c1ccc2c(c1)OC(F)(F)O2. The number of ether oxygens (including phenoxy) is 3. The van der Waals surface area contributed by atoms with E-state index < -0.39 is 36.1 Å². The highest BCUT2D eigenvalue weighted by atomic mass is 19.4. The van der Waals surface area contributed by atoms with Gasteiger partial charge in [-0.3, -0.25) is 4.79 Å². The summed E-state index contributed by atoms with van der Waals surface area (Å²) in [5.74, 6) is -1.90. The molecule has 0 spiro atoms. The summed E-state index contributed by atoms with van der Waals surface area (Å²) < 4.78 is 85.3.